The van der Waals surface area contributed by atoms with Crippen LogP contribution in [0.4, 0.5) is 13.2 Å². The van der Waals surface area contributed by atoms with E-state index in [1.54, 1.807) is 6.07 Å². The first-order chi connectivity index (χ1) is 16.0. The van der Waals surface area contributed by atoms with Gasteiger partial charge in [0.2, 0.25) is 0 Å². The molecule has 1 aromatic heterocycles. The standard InChI is InChI=1S/C29H26F3N/c1-2-3-4-22-7-14-25(33-19-22)13-6-20-8-15-26-24(17-20)12-11-23(29(26)32)10-5-21-9-16-27(30)28(31)18-21/h2,7-9,11-12,14-19H,1,3-6,10,13H2. The highest BCUT2D eigenvalue weighted by atomic mass is 19.2. The summed E-state index contributed by atoms with van der Waals surface area (Å²) < 4.78 is 41.6. The van der Waals surface area contributed by atoms with E-state index in [0.717, 1.165) is 48.4 Å². The zero-order valence-corrected chi connectivity index (χ0v) is 18.5. The van der Waals surface area contributed by atoms with Crippen LogP contribution in [0.1, 0.15) is 34.4 Å². The molecule has 0 saturated carbocycles. The summed E-state index contributed by atoms with van der Waals surface area (Å²) in [4.78, 5) is 4.55. The number of rotatable bonds is 9. The summed E-state index contributed by atoms with van der Waals surface area (Å²) in [5, 5.41) is 1.43. The minimum atomic E-state index is -0.877. The lowest BCUT2D eigenvalue weighted by molar-refractivity contribution is 0.507. The Morgan fingerprint density at radius 1 is 0.697 bits per heavy atom. The Morgan fingerprint density at radius 3 is 2.21 bits per heavy atom. The van der Waals surface area contributed by atoms with Crippen LogP contribution in [0, 0.1) is 17.5 Å². The third kappa shape index (κ3) is 5.70. The monoisotopic (exact) mass is 445 g/mol. The maximum absolute atomic E-state index is 15.1. The first-order valence-corrected chi connectivity index (χ1v) is 11.2. The first-order valence-electron chi connectivity index (χ1n) is 11.2. The van der Waals surface area contributed by atoms with E-state index < -0.39 is 11.6 Å². The van der Waals surface area contributed by atoms with E-state index in [9.17, 15) is 8.78 Å². The van der Waals surface area contributed by atoms with Crippen LogP contribution in [-0.2, 0) is 32.1 Å². The van der Waals surface area contributed by atoms with Gasteiger partial charge in [0.25, 0.3) is 0 Å². The maximum Gasteiger partial charge on any atom is 0.159 e. The predicted molar refractivity (Wildman–Crippen MR) is 128 cm³/mol. The summed E-state index contributed by atoms with van der Waals surface area (Å²) in [7, 11) is 0. The normalized spacial score (nSPS) is 11.1. The molecule has 0 saturated heterocycles. The quantitative estimate of drug-likeness (QED) is 0.246. The Kier molecular flexibility index (Phi) is 7.23. The highest BCUT2D eigenvalue weighted by molar-refractivity contribution is 5.84. The van der Waals surface area contributed by atoms with Crippen LogP contribution in [0.2, 0.25) is 0 Å². The van der Waals surface area contributed by atoms with Crippen LogP contribution >= 0.6 is 0 Å². The number of pyridine rings is 1. The Morgan fingerprint density at radius 2 is 1.45 bits per heavy atom. The molecule has 168 valence electrons. The number of nitrogens with zero attached hydrogens (tertiary/aromatic N) is 1. The van der Waals surface area contributed by atoms with Crippen molar-refractivity contribution < 1.29 is 13.2 Å². The summed E-state index contributed by atoms with van der Waals surface area (Å²) in [6.45, 7) is 3.75. The van der Waals surface area contributed by atoms with Gasteiger partial charge in [0, 0.05) is 17.3 Å². The molecule has 33 heavy (non-hydrogen) atoms. The Bertz CT molecular complexity index is 1260. The largest absolute Gasteiger partial charge is 0.261 e. The van der Waals surface area contributed by atoms with Gasteiger partial charge in [-0.2, -0.15) is 0 Å². The van der Waals surface area contributed by atoms with Crippen molar-refractivity contribution in [2.45, 2.75) is 38.5 Å². The van der Waals surface area contributed by atoms with Gasteiger partial charge < -0.3 is 0 Å². The fourth-order valence-corrected chi connectivity index (χ4v) is 4.00. The number of halogens is 3. The molecule has 0 unspecified atom stereocenters. The Balaban J connectivity index is 1.41. The lowest BCUT2D eigenvalue weighted by atomic mass is 9.98. The molecule has 0 spiro atoms. The van der Waals surface area contributed by atoms with Crippen LogP contribution in [0.25, 0.3) is 10.8 Å². The van der Waals surface area contributed by atoms with Gasteiger partial charge in [0.15, 0.2) is 11.6 Å². The molecule has 0 fully saturated rings. The molecule has 1 heterocycles. The number of aromatic nitrogens is 1. The van der Waals surface area contributed by atoms with Crippen LogP contribution in [0.15, 0.2) is 79.5 Å². The molecule has 0 bridgehead atoms. The molecule has 0 atom stereocenters. The van der Waals surface area contributed by atoms with Crippen molar-refractivity contribution in [1.82, 2.24) is 4.98 Å². The third-order valence-electron chi connectivity index (χ3n) is 5.96. The van der Waals surface area contributed by atoms with Crippen molar-refractivity contribution in [2.24, 2.45) is 0 Å². The van der Waals surface area contributed by atoms with E-state index in [1.165, 1.54) is 17.7 Å². The lowest BCUT2D eigenvalue weighted by Gasteiger charge is -2.09. The fourth-order valence-electron chi connectivity index (χ4n) is 4.00. The molecular formula is C29H26F3N. The number of aryl methyl sites for hydroxylation is 5. The second kappa shape index (κ2) is 10.5. The maximum atomic E-state index is 15.1. The topological polar surface area (TPSA) is 12.9 Å². The molecule has 0 aliphatic rings. The van der Waals surface area contributed by atoms with Crippen molar-refractivity contribution in [3.63, 3.8) is 0 Å². The molecule has 0 amide bonds. The summed E-state index contributed by atoms with van der Waals surface area (Å²) in [5.74, 6) is -2.00. The number of hydrogen-bond donors (Lipinski definition) is 0. The number of fused-ring (bicyclic) bond motifs is 1. The molecule has 4 rings (SSSR count). The molecule has 1 nitrogen and oxygen atoms in total. The van der Waals surface area contributed by atoms with E-state index in [4.69, 9.17) is 0 Å². The van der Waals surface area contributed by atoms with Crippen LogP contribution in [0.5, 0.6) is 0 Å². The SMILES string of the molecule is C=CCCc1ccc(CCc2ccc3c(F)c(CCc4ccc(F)c(F)c4)ccc3c2)nc1. The Hall–Kier alpha value is -3.40. The van der Waals surface area contributed by atoms with Gasteiger partial charge in [0.1, 0.15) is 5.82 Å². The second-order valence-electron chi connectivity index (χ2n) is 8.33. The van der Waals surface area contributed by atoms with Crippen LogP contribution < -0.4 is 0 Å². The van der Waals surface area contributed by atoms with Gasteiger partial charge in [-0.1, -0.05) is 48.5 Å². The van der Waals surface area contributed by atoms with Crippen molar-refractivity contribution in [2.75, 3.05) is 0 Å². The third-order valence-corrected chi connectivity index (χ3v) is 5.96. The van der Waals surface area contributed by atoms with Crippen molar-refractivity contribution in [1.29, 1.82) is 0 Å². The molecule has 4 heteroatoms. The van der Waals surface area contributed by atoms with E-state index in [2.05, 4.69) is 23.7 Å². The summed E-state index contributed by atoms with van der Waals surface area (Å²) in [6.07, 6.45) is 8.25. The first kappa shape index (κ1) is 22.8. The van der Waals surface area contributed by atoms with Gasteiger partial charge in [-0.3, -0.25) is 4.98 Å². The Labute approximate surface area is 192 Å². The average Bonchev–Trinajstić information content (AvgIpc) is 2.83. The molecule has 0 radical (unpaired) electrons. The highest BCUT2D eigenvalue weighted by Gasteiger charge is 2.10. The van der Waals surface area contributed by atoms with Gasteiger partial charge in [0.05, 0.1) is 0 Å². The molecule has 4 aromatic rings. The van der Waals surface area contributed by atoms with E-state index in [-0.39, 0.29) is 5.82 Å². The molecule has 3 aromatic carbocycles. The molecule has 0 aliphatic heterocycles. The molecule has 0 aliphatic carbocycles. The number of allylic oxidation sites excluding steroid dienone is 1. The lowest BCUT2D eigenvalue weighted by Crippen LogP contribution is -1.98. The van der Waals surface area contributed by atoms with Crippen LogP contribution in [-0.4, -0.2) is 4.98 Å². The minimum absolute atomic E-state index is 0.251. The predicted octanol–water partition coefficient (Wildman–Crippen LogP) is 7.34. The smallest absolute Gasteiger partial charge is 0.159 e. The van der Waals surface area contributed by atoms with Gasteiger partial charge in [-0.15, -0.1) is 6.58 Å². The van der Waals surface area contributed by atoms with Crippen molar-refractivity contribution in [3.05, 3.63) is 125 Å². The van der Waals surface area contributed by atoms with E-state index in [1.807, 2.05) is 36.5 Å². The highest BCUT2D eigenvalue weighted by Crippen LogP contribution is 2.24. The number of benzene rings is 3. The van der Waals surface area contributed by atoms with E-state index in [0.29, 0.717) is 29.4 Å². The number of hydrogen-bond acceptors (Lipinski definition) is 1. The van der Waals surface area contributed by atoms with E-state index >= 15 is 4.39 Å². The minimum Gasteiger partial charge on any atom is -0.261 e. The summed E-state index contributed by atoms with van der Waals surface area (Å²) in [5.41, 5.74) is 4.59. The van der Waals surface area contributed by atoms with Gasteiger partial charge in [-0.05, 0) is 84.4 Å². The second-order valence-corrected chi connectivity index (χ2v) is 8.33. The van der Waals surface area contributed by atoms with Gasteiger partial charge in [-0.25, -0.2) is 13.2 Å². The van der Waals surface area contributed by atoms with Crippen molar-refractivity contribution >= 4 is 10.8 Å². The van der Waals surface area contributed by atoms with Crippen LogP contribution in [0.3, 0.4) is 0 Å². The van der Waals surface area contributed by atoms with Crippen molar-refractivity contribution in [3.8, 4) is 0 Å². The summed E-state index contributed by atoms with van der Waals surface area (Å²) in [6, 6.07) is 17.5. The molecule has 0 N–H and O–H groups in total. The summed E-state index contributed by atoms with van der Waals surface area (Å²) >= 11 is 0. The fraction of sp³-hybridized carbons (Fsp3) is 0.207. The molecular weight excluding hydrogens is 419 g/mol. The van der Waals surface area contributed by atoms with Gasteiger partial charge >= 0.3 is 0 Å². The zero-order chi connectivity index (χ0) is 23.2. The average molecular weight is 446 g/mol. The zero-order valence-electron chi connectivity index (χ0n) is 18.5.